The average Bonchev–Trinajstić information content (AvgIpc) is 2.62. The number of rotatable bonds is 2. The highest BCUT2D eigenvalue weighted by atomic mass is 16.5. The van der Waals surface area contributed by atoms with Gasteiger partial charge >= 0.3 is 5.97 Å². The van der Waals surface area contributed by atoms with Gasteiger partial charge in [-0.15, -0.1) is 5.92 Å². The molecule has 0 bridgehead atoms. The Hall–Kier alpha value is -1.69. The van der Waals surface area contributed by atoms with Gasteiger partial charge in [0.15, 0.2) is 0 Å². The van der Waals surface area contributed by atoms with Gasteiger partial charge in [0.05, 0.1) is 13.5 Å². The van der Waals surface area contributed by atoms with Gasteiger partial charge in [-0.3, -0.25) is 0 Å². The van der Waals surface area contributed by atoms with Gasteiger partial charge in [0, 0.05) is 0 Å². The molecule has 0 spiro atoms. The van der Waals surface area contributed by atoms with Crippen LogP contribution in [0.1, 0.15) is 23.2 Å². The van der Waals surface area contributed by atoms with E-state index in [0.29, 0.717) is 12.2 Å². The molecule has 1 rings (SSSR count). The molecule has 1 aromatic rings. The Bertz CT molecular complexity index is 352. The number of methoxy groups -OCH3 is 1. The number of esters is 1. The van der Waals surface area contributed by atoms with Crippen molar-refractivity contribution in [2.75, 3.05) is 7.11 Å². The zero-order chi connectivity index (χ0) is 9.68. The Morgan fingerprint density at radius 1 is 1.62 bits per heavy atom. The molecule has 0 amide bonds. The van der Waals surface area contributed by atoms with Gasteiger partial charge in [-0.1, -0.05) is 5.92 Å². The van der Waals surface area contributed by atoms with Crippen LogP contribution in [0.25, 0.3) is 0 Å². The van der Waals surface area contributed by atoms with E-state index in [0.717, 1.165) is 0 Å². The van der Waals surface area contributed by atoms with Gasteiger partial charge in [0.2, 0.25) is 5.76 Å². The van der Waals surface area contributed by atoms with Crippen LogP contribution in [0.5, 0.6) is 0 Å². The topological polar surface area (TPSA) is 39.4 Å². The smallest absolute Gasteiger partial charge is 0.373 e. The molecular weight excluding hydrogens is 168 g/mol. The summed E-state index contributed by atoms with van der Waals surface area (Å²) in [6, 6.07) is 3.30. The Kier molecular flexibility index (Phi) is 3.15. The van der Waals surface area contributed by atoms with E-state index in [1.165, 1.54) is 7.11 Å². The van der Waals surface area contributed by atoms with E-state index in [1.54, 1.807) is 19.1 Å². The predicted molar refractivity (Wildman–Crippen MR) is 47.2 cm³/mol. The number of hydrogen-bond donors (Lipinski definition) is 0. The summed E-state index contributed by atoms with van der Waals surface area (Å²) in [4.78, 5) is 10.9. The summed E-state index contributed by atoms with van der Waals surface area (Å²) < 4.78 is 9.65. The summed E-state index contributed by atoms with van der Waals surface area (Å²) in [7, 11) is 1.32. The molecule has 0 aliphatic heterocycles. The van der Waals surface area contributed by atoms with E-state index < -0.39 is 5.97 Å². The van der Waals surface area contributed by atoms with Crippen LogP contribution in [-0.2, 0) is 11.2 Å². The lowest BCUT2D eigenvalue weighted by atomic mass is 10.3. The molecule has 0 aromatic carbocycles. The van der Waals surface area contributed by atoms with Crippen LogP contribution >= 0.6 is 0 Å². The fourth-order valence-corrected chi connectivity index (χ4v) is 0.859. The van der Waals surface area contributed by atoms with Crippen molar-refractivity contribution in [2.24, 2.45) is 0 Å². The van der Waals surface area contributed by atoms with Crippen molar-refractivity contribution < 1.29 is 13.9 Å². The quantitative estimate of drug-likeness (QED) is 0.510. The van der Waals surface area contributed by atoms with Gasteiger partial charge < -0.3 is 9.15 Å². The highest BCUT2D eigenvalue weighted by molar-refractivity contribution is 5.86. The molecule has 0 atom stereocenters. The summed E-state index contributed by atoms with van der Waals surface area (Å²) in [5.74, 6) is 6.01. The van der Waals surface area contributed by atoms with Crippen LogP contribution in [-0.4, -0.2) is 13.1 Å². The Morgan fingerprint density at radius 3 is 3.00 bits per heavy atom. The molecule has 0 saturated carbocycles. The van der Waals surface area contributed by atoms with Crippen LogP contribution < -0.4 is 0 Å². The summed E-state index contributed by atoms with van der Waals surface area (Å²) >= 11 is 0. The number of furan rings is 1. The van der Waals surface area contributed by atoms with E-state index >= 15 is 0 Å². The Labute approximate surface area is 76.7 Å². The van der Waals surface area contributed by atoms with Crippen molar-refractivity contribution in [3.8, 4) is 11.8 Å². The maximum absolute atomic E-state index is 10.9. The minimum Gasteiger partial charge on any atom is -0.463 e. The molecule has 3 nitrogen and oxygen atoms in total. The highest BCUT2D eigenvalue weighted by Crippen LogP contribution is 2.08. The first-order valence-corrected chi connectivity index (χ1v) is 3.84. The van der Waals surface area contributed by atoms with Crippen LogP contribution in [0, 0.1) is 11.8 Å². The van der Waals surface area contributed by atoms with E-state index in [2.05, 4.69) is 16.6 Å². The largest absolute Gasteiger partial charge is 0.463 e. The zero-order valence-corrected chi connectivity index (χ0v) is 7.59. The fraction of sp³-hybridized carbons (Fsp3) is 0.300. The number of carbonyl (C=O) groups is 1. The van der Waals surface area contributed by atoms with Crippen molar-refractivity contribution >= 4 is 5.97 Å². The summed E-state index contributed by atoms with van der Waals surface area (Å²) in [5, 5.41) is 0. The number of carbonyl (C=O) groups excluding carboxylic acids is 1. The summed E-state index contributed by atoms with van der Waals surface area (Å²) in [6.07, 6.45) is 0.521. The Morgan fingerprint density at radius 2 is 2.38 bits per heavy atom. The normalized spacial score (nSPS) is 8.77. The van der Waals surface area contributed by atoms with E-state index in [1.807, 2.05) is 0 Å². The fourth-order valence-electron chi connectivity index (χ4n) is 0.859. The molecule has 13 heavy (non-hydrogen) atoms. The SMILES string of the molecule is CC#CCc1ccc(C(=O)OC)o1. The molecule has 0 aliphatic carbocycles. The average molecular weight is 178 g/mol. The summed E-state index contributed by atoms with van der Waals surface area (Å²) in [5.41, 5.74) is 0. The first-order valence-electron chi connectivity index (χ1n) is 3.84. The molecule has 1 aromatic heterocycles. The first-order chi connectivity index (χ1) is 6.27. The van der Waals surface area contributed by atoms with E-state index in [-0.39, 0.29) is 5.76 Å². The molecule has 0 unspecified atom stereocenters. The maximum Gasteiger partial charge on any atom is 0.373 e. The van der Waals surface area contributed by atoms with Gasteiger partial charge in [-0.2, -0.15) is 0 Å². The van der Waals surface area contributed by atoms with E-state index in [9.17, 15) is 4.79 Å². The third kappa shape index (κ3) is 2.38. The molecule has 0 saturated heterocycles. The molecule has 0 aliphatic rings. The predicted octanol–water partition coefficient (Wildman–Crippen LogP) is 1.63. The lowest BCUT2D eigenvalue weighted by Crippen LogP contribution is -1.98. The molecule has 68 valence electrons. The van der Waals surface area contributed by atoms with Crippen LogP contribution in [0.2, 0.25) is 0 Å². The second-order valence-electron chi connectivity index (χ2n) is 2.36. The molecule has 0 fully saturated rings. The van der Waals surface area contributed by atoms with Gasteiger partial charge in [-0.05, 0) is 19.1 Å². The van der Waals surface area contributed by atoms with Crippen molar-refractivity contribution in [1.29, 1.82) is 0 Å². The maximum atomic E-state index is 10.9. The first kappa shape index (κ1) is 9.40. The van der Waals surface area contributed by atoms with Gasteiger partial charge in [0.25, 0.3) is 0 Å². The summed E-state index contributed by atoms with van der Waals surface area (Å²) in [6.45, 7) is 1.75. The lowest BCUT2D eigenvalue weighted by Gasteiger charge is -1.92. The molecule has 0 N–H and O–H groups in total. The van der Waals surface area contributed by atoms with Gasteiger partial charge in [0.1, 0.15) is 5.76 Å². The second-order valence-corrected chi connectivity index (χ2v) is 2.36. The molecular formula is C10H10O3. The van der Waals surface area contributed by atoms with Gasteiger partial charge in [-0.25, -0.2) is 4.79 Å². The number of hydrogen-bond acceptors (Lipinski definition) is 3. The number of ether oxygens (including phenoxy) is 1. The van der Waals surface area contributed by atoms with Crippen molar-refractivity contribution in [2.45, 2.75) is 13.3 Å². The zero-order valence-electron chi connectivity index (χ0n) is 7.59. The minimum absolute atomic E-state index is 0.218. The Balaban J connectivity index is 2.72. The molecule has 0 radical (unpaired) electrons. The lowest BCUT2D eigenvalue weighted by molar-refractivity contribution is 0.0563. The molecule has 3 heteroatoms. The third-order valence-corrected chi connectivity index (χ3v) is 1.49. The second kappa shape index (κ2) is 4.36. The standard InChI is InChI=1S/C10H10O3/c1-3-4-5-8-6-7-9(13-8)10(11)12-2/h6-7H,5H2,1-2H3. The third-order valence-electron chi connectivity index (χ3n) is 1.49. The monoisotopic (exact) mass is 178 g/mol. The highest BCUT2D eigenvalue weighted by Gasteiger charge is 2.09. The van der Waals surface area contributed by atoms with Crippen LogP contribution in [0.15, 0.2) is 16.5 Å². The van der Waals surface area contributed by atoms with Crippen LogP contribution in [0.4, 0.5) is 0 Å². The van der Waals surface area contributed by atoms with Crippen molar-refractivity contribution in [3.63, 3.8) is 0 Å². The minimum atomic E-state index is -0.462. The van der Waals surface area contributed by atoms with Crippen LogP contribution in [0.3, 0.4) is 0 Å². The van der Waals surface area contributed by atoms with E-state index in [4.69, 9.17) is 4.42 Å². The van der Waals surface area contributed by atoms with Crippen molar-refractivity contribution in [3.05, 3.63) is 23.7 Å². The van der Waals surface area contributed by atoms with Crippen molar-refractivity contribution in [1.82, 2.24) is 0 Å². The molecule has 1 heterocycles.